The van der Waals surface area contributed by atoms with E-state index < -0.39 is 0 Å². The first-order valence-electron chi connectivity index (χ1n) is 7.21. The highest BCUT2D eigenvalue weighted by Gasteiger charge is 2.37. The van der Waals surface area contributed by atoms with Crippen molar-refractivity contribution >= 4 is 0 Å². The summed E-state index contributed by atoms with van der Waals surface area (Å²) in [5.41, 5.74) is 9.89. The predicted octanol–water partition coefficient (Wildman–Crippen LogP) is 4.08. The lowest BCUT2D eigenvalue weighted by molar-refractivity contribution is 0.108. The Kier molecular flexibility index (Phi) is 3.82. The van der Waals surface area contributed by atoms with Gasteiger partial charge in [-0.25, -0.2) is 0 Å². The molecule has 0 aliphatic heterocycles. The summed E-state index contributed by atoms with van der Waals surface area (Å²) in [4.78, 5) is 0. The van der Waals surface area contributed by atoms with Crippen molar-refractivity contribution in [2.75, 3.05) is 6.54 Å². The first kappa shape index (κ1) is 13.6. The van der Waals surface area contributed by atoms with E-state index in [0.29, 0.717) is 10.8 Å². The van der Waals surface area contributed by atoms with Gasteiger partial charge < -0.3 is 5.73 Å². The normalized spacial score (nSPS) is 21.8. The second kappa shape index (κ2) is 5.05. The fourth-order valence-electron chi connectivity index (χ4n) is 3.12. The molecule has 0 amide bonds. The maximum atomic E-state index is 6.12. The van der Waals surface area contributed by atoms with Crippen LogP contribution < -0.4 is 5.73 Å². The van der Waals surface area contributed by atoms with Gasteiger partial charge in [0.15, 0.2) is 0 Å². The third-order valence-corrected chi connectivity index (χ3v) is 4.92. The van der Waals surface area contributed by atoms with Gasteiger partial charge in [0.1, 0.15) is 0 Å². The second-order valence-corrected chi connectivity index (χ2v) is 6.97. The van der Waals surface area contributed by atoms with Crippen LogP contribution in [0.15, 0.2) is 24.3 Å². The highest BCUT2D eigenvalue weighted by Crippen LogP contribution is 2.46. The summed E-state index contributed by atoms with van der Waals surface area (Å²) < 4.78 is 0. The number of aryl methyl sites for hydroxylation is 1. The van der Waals surface area contributed by atoms with Crippen molar-refractivity contribution in [2.24, 2.45) is 16.6 Å². The lowest BCUT2D eigenvalue weighted by atomic mass is 9.63. The van der Waals surface area contributed by atoms with Gasteiger partial charge in [0, 0.05) is 0 Å². The van der Waals surface area contributed by atoms with E-state index in [0.717, 1.165) is 13.0 Å². The molecule has 1 fully saturated rings. The van der Waals surface area contributed by atoms with Crippen molar-refractivity contribution in [1.29, 1.82) is 0 Å². The van der Waals surface area contributed by atoms with Gasteiger partial charge in [0.05, 0.1) is 0 Å². The smallest absolute Gasteiger partial charge is 0.00173 e. The Balaban J connectivity index is 2.13. The van der Waals surface area contributed by atoms with Gasteiger partial charge in [0.25, 0.3) is 0 Å². The molecule has 1 heteroatoms. The van der Waals surface area contributed by atoms with E-state index in [4.69, 9.17) is 5.73 Å². The Labute approximate surface area is 112 Å². The Morgan fingerprint density at radius 2 is 1.67 bits per heavy atom. The molecule has 0 radical (unpaired) electrons. The number of hydrogen-bond donors (Lipinski definition) is 1. The van der Waals surface area contributed by atoms with E-state index in [1.165, 1.54) is 36.8 Å². The summed E-state index contributed by atoms with van der Waals surface area (Å²) in [6.45, 7) is 7.83. The van der Waals surface area contributed by atoms with Crippen LogP contribution in [0, 0.1) is 17.8 Å². The first-order chi connectivity index (χ1) is 8.46. The summed E-state index contributed by atoms with van der Waals surface area (Å²) in [6.07, 6.45) is 6.36. The van der Waals surface area contributed by atoms with Crippen LogP contribution in [0.1, 0.15) is 50.7 Å². The molecule has 1 aliphatic rings. The Hall–Kier alpha value is -0.820. The molecule has 1 aromatic rings. The zero-order valence-corrected chi connectivity index (χ0v) is 12.1. The van der Waals surface area contributed by atoms with E-state index in [-0.39, 0.29) is 0 Å². The molecule has 1 aliphatic carbocycles. The molecule has 1 saturated carbocycles. The highest BCUT2D eigenvalue weighted by atomic mass is 14.6. The maximum absolute atomic E-state index is 6.12. The van der Waals surface area contributed by atoms with Crippen LogP contribution in [0.4, 0.5) is 0 Å². The fourth-order valence-corrected chi connectivity index (χ4v) is 3.12. The molecule has 1 aromatic carbocycles. The van der Waals surface area contributed by atoms with Gasteiger partial charge in [0.2, 0.25) is 0 Å². The number of nitrogens with two attached hydrogens (primary N) is 1. The van der Waals surface area contributed by atoms with Crippen LogP contribution in [0.2, 0.25) is 0 Å². The SMILES string of the molecule is Cc1ccccc1CC1(CN)CCC(C)(C)CC1. The van der Waals surface area contributed by atoms with Crippen LogP contribution in [0.5, 0.6) is 0 Å². The number of rotatable bonds is 3. The molecule has 0 unspecified atom stereocenters. The first-order valence-corrected chi connectivity index (χ1v) is 7.21. The van der Waals surface area contributed by atoms with Crippen molar-refractivity contribution in [2.45, 2.75) is 52.9 Å². The van der Waals surface area contributed by atoms with Crippen LogP contribution >= 0.6 is 0 Å². The van der Waals surface area contributed by atoms with Crippen LogP contribution in [-0.4, -0.2) is 6.54 Å². The highest BCUT2D eigenvalue weighted by molar-refractivity contribution is 5.27. The molecule has 100 valence electrons. The molecule has 0 atom stereocenters. The van der Waals surface area contributed by atoms with Gasteiger partial charge in [-0.1, -0.05) is 38.1 Å². The molecule has 0 aromatic heterocycles. The minimum absolute atomic E-state index is 0.349. The average Bonchev–Trinajstić information content (AvgIpc) is 2.35. The minimum Gasteiger partial charge on any atom is -0.330 e. The lowest BCUT2D eigenvalue weighted by Gasteiger charge is -2.43. The Bertz CT molecular complexity index is 396. The molecule has 2 N–H and O–H groups in total. The molecule has 0 heterocycles. The standard InChI is InChI=1S/C17H27N/c1-14-6-4-5-7-15(14)12-17(13-18)10-8-16(2,3)9-11-17/h4-7H,8-13,18H2,1-3H3. The van der Waals surface area contributed by atoms with E-state index in [9.17, 15) is 0 Å². The van der Waals surface area contributed by atoms with E-state index in [1.54, 1.807) is 0 Å². The average molecular weight is 245 g/mol. The van der Waals surface area contributed by atoms with Crippen molar-refractivity contribution in [1.82, 2.24) is 0 Å². The summed E-state index contributed by atoms with van der Waals surface area (Å²) >= 11 is 0. The molecule has 0 bridgehead atoms. The third-order valence-electron chi connectivity index (χ3n) is 4.92. The van der Waals surface area contributed by atoms with E-state index >= 15 is 0 Å². The van der Waals surface area contributed by atoms with Crippen molar-refractivity contribution < 1.29 is 0 Å². The van der Waals surface area contributed by atoms with Crippen molar-refractivity contribution in [3.63, 3.8) is 0 Å². The summed E-state index contributed by atoms with van der Waals surface area (Å²) in [6, 6.07) is 8.76. The molecular formula is C17H27N. The zero-order valence-electron chi connectivity index (χ0n) is 12.1. The Morgan fingerprint density at radius 1 is 1.06 bits per heavy atom. The Morgan fingerprint density at radius 3 is 2.22 bits per heavy atom. The van der Waals surface area contributed by atoms with Crippen molar-refractivity contribution in [3.8, 4) is 0 Å². The molecule has 2 rings (SSSR count). The summed E-state index contributed by atoms with van der Waals surface area (Å²) in [5, 5.41) is 0. The number of benzene rings is 1. The minimum atomic E-state index is 0.349. The second-order valence-electron chi connectivity index (χ2n) is 6.97. The van der Waals surface area contributed by atoms with Crippen molar-refractivity contribution in [3.05, 3.63) is 35.4 Å². The fraction of sp³-hybridized carbons (Fsp3) is 0.647. The monoisotopic (exact) mass is 245 g/mol. The zero-order chi connectivity index (χ0) is 13.2. The van der Waals surface area contributed by atoms with Gasteiger partial charge in [-0.3, -0.25) is 0 Å². The third kappa shape index (κ3) is 2.95. The van der Waals surface area contributed by atoms with Crippen LogP contribution in [-0.2, 0) is 6.42 Å². The maximum Gasteiger partial charge on any atom is -0.00173 e. The molecule has 0 spiro atoms. The largest absolute Gasteiger partial charge is 0.330 e. The number of hydrogen-bond acceptors (Lipinski definition) is 1. The van der Waals surface area contributed by atoms with E-state index in [2.05, 4.69) is 45.0 Å². The lowest BCUT2D eigenvalue weighted by Crippen LogP contribution is -2.39. The quantitative estimate of drug-likeness (QED) is 0.853. The molecular weight excluding hydrogens is 218 g/mol. The summed E-state index contributed by atoms with van der Waals surface area (Å²) in [5.74, 6) is 0. The van der Waals surface area contributed by atoms with Gasteiger partial charge in [-0.05, 0) is 67.5 Å². The molecule has 1 nitrogen and oxygen atoms in total. The topological polar surface area (TPSA) is 26.0 Å². The molecule has 0 saturated heterocycles. The predicted molar refractivity (Wildman–Crippen MR) is 78.6 cm³/mol. The van der Waals surface area contributed by atoms with Gasteiger partial charge in [-0.15, -0.1) is 0 Å². The molecule has 18 heavy (non-hydrogen) atoms. The van der Waals surface area contributed by atoms with Crippen LogP contribution in [0.3, 0.4) is 0 Å². The van der Waals surface area contributed by atoms with Gasteiger partial charge >= 0.3 is 0 Å². The van der Waals surface area contributed by atoms with Gasteiger partial charge in [-0.2, -0.15) is 0 Å². The summed E-state index contributed by atoms with van der Waals surface area (Å²) in [7, 11) is 0. The van der Waals surface area contributed by atoms with Crippen LogP contribution in [0.25, 0.3) is 0 Å². The van der Waals surface area contributed by atoms with E-state index in [1.807, 2.05) is 0 Å².